The second-order valence-electron chi connectivity index (χ2n) is 7.39. The number of carbonyl (C=O) groups excluding carboxylic acids is 3. The molecule has 2 amide bonds. The monoisotopic (exact) mass is 410 g/mol. The van der Waals surface area contributed by atoms with Gasteiger partial charge in [0.05, 0.1) is 12.3 Å². The van der Waals surface area contributed by atoms with Crippen molar-refractivity contribution in [3.63, 3.8) is 0 Å². The summed E-state index contributed by atoms with van der Waals surface area (Å²) >= 11 is 0.960. The van der Waals surface area contributed by atoms with Gasteiger partial charge in [-0.1, -0.05) is 66.7 Å². The van der Waals surface area contributed by atoms with Crippen LogP contribution >= 0.6 is 11.8 Å². The Bertz CT molecular complexity index is 895. The van der Waals surface area contributed by atoms with Crippen molar-refractivity contribution in [2.75, 3.05) is 23.7 Å². The topological polar surface area (TPSA) is 66.5 Å². The fourth-order valence-electron chi connectivity index (χ4n) is 3.37. The first-order chi connectivity index (χ1) is 13.9. The molecule has 1 aliphatic rings. The Balaban J connectivity index is 1.40. The zero-order valence-corrected chi connectivity index (χ0v) is 17.6. The number of fused-ring (bicyclic) bond motifs is 1. The number of hydrogen-bond acceptors (Lipinski definition) is 4. The van der Waals surface area contributed by atoms with Gasteiger partial charge in [-0.2, -0.15) is 0 Å². The van der Waals surface area contributed by atoms with Crippen molar-refractivity contribution < 1.29 is 14.4 Å². The van der Waals surface area contributed by atoms with E-state index in [9.17, 15) is 14.4 Å². The molecule has 1 heterocycles. The highest BCUT2D eigenvalue weighted by molar-refractivity contribution is 8.14. The van der Waals surface area contributed by atoms with E-state index in [1.165, 1.54) is 5.56 Å². The van der Waals surface area contributed by atoms with Crippen LogP contribution in [0.4, 0.5) is 5.69 Å². The molecular weight excluding hydrogens is 384 g/mol. The van der Waals surface area contributed by atoms with Crippen molar-refractivity contribution in [3.8, 4) is 0 Å². The van der Waals surface area contributed by atoms with E-state index in [-0.39, 0.29) is 35.1 Å². The molecule has 2 aromatic carbocycles. The molecule has 1 N–H and O–H groups in total. The van der Waals surface area contributed by atoms with Crippen LogP contribution in [0.15, 0.2) is 48.5 Å². The molecule has 1 atom stereocenters. The lowest BCUT2D eigenvalue weighted by Crippen LogP contribution is -2.35. The average molecular weight is 411 g/mol. The van der Waals surface area contributed by atoms with E-state index in [4.69, 9.17) is 0 Å². The maximum atomic E-state index is 12.5. The van der Waals surface area contributed by atoms with Crippen LogP contribution in [0.25, 0.3) is 0 Å². The van der Waals surface area contributed by atoms with Gasteiger partial charge in [-0.3, -0.25) is 14.4 Å². The normalized spacial score (nSPS) is 13.7. The Kier molecular flexibility index (Phi) is 7.09. The number of aryl methyl sites for hydroxylation is 1. The highest BCUT2D eigenvalue weighted by Crippen LogP contribution is 2.27. The highest BCUT2D eigenvalue weighted by Gasteiger charge is 2.24. The first kappa shape index (κ1) is 21.1. The molecule has 1 aliphatic heterocycles. The molecule has 29 heavy (non-hydrogen) atoms. The number of nitrogens with zero attached hydrogens (tertiary/aromatic N) is 1. The zero-order valence-electron chi connectivity index (χ0n) is 16.8. The predicted molar refractivity (Wildman–Crippen MR) is 117 cm³/mol. The zero-order chi connectivity index (χ0) is 20.8. The number of para-hydroxylation sites is 1. The predicted octanol–water partition coefficient (Wildman–Crippen LogP) is 3.14. The number of thioether (sulfide) groups is 1. The van der Waals surface area contributed by atoms with Crippen LogP contribution in [-0.2, 0) is 27.2 Å². The maximum absolute atomic E-state index is 12.5. The van der Waals surface area contributed by atoms with E-state index < -0.39 is 0 Å². The molecule has 0 fully saturated rings. The average Bonchev–Trinajstić information content (AvgIpc) is 3.16. The molecule has 3 rings (SSSR count). The molecule has 2 aromatic rings. The van der Waals surface area contributed by atoms with Crippen LogP contribution in [0.5, 0.6) is 0 Å². The van der Waals surface area contributed by atoms with Crippen LogP contribution in [0.3, 0.4) is 0 Å². The first-order valence-corrected chi connectivity index (χ1v) is 10.8. The van der Waals surface area contributed by atoms with Crippen molar-refractivity contribution in [1.82, 2.24) is 5.32 Å². The number of hydrogen-bond donors (Lipinski definition) is 1. The van der Waals surface area contributed by atoms with Gasteiger partial charge in [0.2, 0.25) is 16.9 Å². The number of amides is 2. The van der Waals surface area contributed by atoms with Crippen LogP contribution in [0.1, 0.15) is 23.6 Å². The van der Waals surface area contributed by atoms with E-state index in [1.54, 1.807) is 4.90 Å². The second kappa shape index (κ2) is 9.74. The Morgan fingerprint density at radius 3 is 2.59 bits per heavy atom. The van der Waals surface area contributed by atoms with Crippen molar-refractivity contribution in [3.05, 3.63) is 65.2 Å². The van der Waals surface area contributed by atoms with Gasteiger partial charge in [0.25, 0.3) is 0 Å². The number of carbonyl (C=O) groups is 3. The molecular formula is C23H26N2O3S. The highest BCUT2D eigenvalue weighted by atomic mass is 32.2. The van der Waals surface area contributed by atoms with Crippen molar-refractivity contribution in [2.45, 2.75) is 26.7 Å². The van der Waals surface area contributed by atoms with Crippen LogP contribution in [0.2, 0.25) is 0 Å². The summed E-state index contributed by atoms with van der Waals surface area (Å²) in [5.74, 6) is -0.368. The first-order valence-electron chi connectivity index (χ1n) is 9.81. The minimum absolute atomic E-state index is 0.0639. The standard InChI is InChI=1S/C23H26N2O3S/c1-16-7-9-18(10-8-16)13-17(2)23(28)24-14-22(27)29-15-21(26)25-12-11-19-5-3-4-6-20(19)25/h3-10,17H,11-15H2,1-2H3,(H,24,28)/t17-/m0/s1. The third kappa shape index (κ3) is 5.70. The SMILES string of the molecule is Cc1ccc(C[C@H](C)C(=O)NCC(=O)SCC(=O)N2CCc3ccccc32)cc1. The summed E-state index contributed by atoms with van der Waals surface area (Å²) in [6, 6.07) is 15.9. The molecule has 5 nitrogen and oxygen atoms in total. The molecule has 0 unspecified atom stereocenters. The van der Waals surface area contributed by atoms with E-state index in [2.05, 4.69) is 5.32 Å². The smallest absolute Gasteiger partial charge is 0.237 e. The minimum atomic E-state index is -0.224. The van der Waals surface area contributed by atoms with Gasteiger partial charge < -0.3 is 10.2 Å². The van der Waals surface area contributed by atoms with Gasteiger partial charge in [-0.05, 0) is 37.0 Å². The van der Waals surface area contributed by atoms with Gasteiger partial charge >= 0.3 is 0 Å². The van der Waals surface area contributed by atoms with E-state index in [0.717, 1.165) is 35.0 Å². The molecule has 0 saturated heterocycles. The lowest BCUT2D eigenvalue weighted by molar-refractivity contribution is -0.125. The molecule has 0 aromatic heterocycles. The molecule has 0 spiro atoms. The van der Waals surface area contributed by atoms with Gasteiger partial charge in [-0.25, -0.2) is 0 Å². The molecule has 0 aliphatic carbocycles. The van der Waals surface area contributed by atoms with Crippen LogP contribution in [0, 0.1) is 12.8 Å². The third-order valence-corrected chi connectivity index (χ3v) is 5.92. The number of rotatable bonds is 7. The van der Waals surface area contributed by atoms with E-state index in [1.807, 2.05) is 62.4 Å². The molecule has 0 saturated carbocycles. The van der Waals surface area contributed by atoms with Gasteiger partial charge in [0, 0.05) is 18.2 Å². The maximum Gasteiger partial charge on any atom is 0.237 e. The van der Waals surface area contributed by atoms with Gasteiger partial charge in [0.1, 0.15) is 0 Å². The summed E-state index contributed by atoms with van der Waals surface area (Å²) in [5, 5.41) is 2.48. The molecule has 152 valence electrons. The van der Waals surface area contributed by atoms with Gasteiger partial charge in [-0.15, -0.1) is 0 Å². The largest absolute Gasteiger partial charge is 0.348 e. The Morgan fingerprint density at radius 2 is 1.83 bits per heavy atom. The lowest BCUT2D eigenvalue weighted by Gasteiger charge is -2.17. The Hall–Kier alpha value is -2.60. The lowest BCUT2D eigenvalue weighted by atomic mass is 9.99. The summed E-state index contributed by atoms with van der Waals surface area (Å²) in [4.78, 5) is 38.5. The number of benzene rings is 2. The van der Waals surface area contributed by atoms with Gasteiger partial charge in [0.15, 0.2) is 0 Å². The minimum Gasteiger partial charge on any atom is -0.348 e. The van der Waals surface area contributed by atoms with Crippen LogP contribution < -0.4 is 10.2 Å². The second-order valence-corrected chi connectivity index (χ2v) is 8.43. The summed E-state index contributed by atoms with van der Waals surface area (Å²) in [5.41, 5.74) is 4.37. The van der Waals surface area contributed by atoms with Crippen LogP contribution in [-0.4, -0.2) is 35.8 Å². The summed E-state index contributed by atoms with van der Waals surface area (Å²) in [6.07, 6.45) is 1.47. The Labute approximate surface area is 175 Å². The van der Waals surface area contributed by atoms with Crippen molar-refractivity contribution >= 4 is 34.4 Å². The summed E-state index contributed by atoms with van der Waals surface area (Å²) in [7, 11) is 0. The van der Waals surface area contributed by atoms with E-state index in [0.29, 0.717) is 13.0 Å². The molecule has 0 radical (unpaired) electrons. The van der Waals surface area contributed by atoms with E-state index >= 15 is 0 Å². The number of anilines is 1. The third-order valence-electron chi connectivity index (χ3n) is 5.06. The van der Waals surface area contributed by atoms with Crippen molar-refractivity contribution in [1.29, 1.82) is 0 Å². The molecule has 0 bridgehead atoms. The fourth-order valence-corrected chi connectivity index (χ4v) is 3.99. The molecule has 6 heteroatoms. The number of nitrogens with one attached hydrogen (secondary N) is 1. The Morgan fingerprint density at radius 1 is 1.10 bits per heavy atom. The summed E-state index contributed by atoms with van der Waals surface area (Å²) in [6.45, 7) is 4.46. The fraction of sp³-hybridized carbons (Fsp3) is 0.348. The van der Waals surface area contributed by atoms with Crippen molar-refractivity contribution in [2.24, 2.45) is 5.92 Å². The quantitative estimate of drug-likeness (QED) is 0.762. The summed E-state index contributed by atoms with van der Waals surface area (Å²) < 4.78 is 0.